The van der Waals surface area contributed by atoms with Crippen molar-refractivity contribution in [1.82, 2.24) is 0 Å². The van der Waals surface area contributed by atoms with Gasteiger partial charge in [-0.1, -0.05) is 19.1 Å². The van der Waals surface area contributed by atoms with Crippen molar-refractivity contribution in [3.8, 4) is 11.1 Å². The Kier molecular flexibility index (Phi) is 7.39. The number of carbonyl (C=O) groups excluding carboxylic acids is 2. The zero-order valence-electron chi connectivity index (χ0n) is 16.9. The number of likely N-dealkylation sites (tertiary alicyclic amines) is 1. The molecule has 1 aromatic carbocycles. The average molecular weight is 420 g/mol. The maximum Gasteiger partial charge on any atom is 0.341 e. The second-order valence-electron chi connectivity index (χ2n) is 7.56. The number of ether oxygens (including phenoxy) is 1. The van der Waals surface area contributed by atoms with Gasteiger partial charge in [-0.25, -0.2) is 9.18 Å². The number of amides is 1. The van der Waals surface area contributed by atoms with Crippen molar-refractivity contribution in [2.24, 2.45) is 5.92 Å². The number of carbonyl (C=O) groups is 2. The molecule has 3 rings (SSSR count). The summed E-state index contributed by atoms with van der Waals surface area (Å²) in [5, 5.41) is 5.17. The fraction of sp³-hybridized carbons (Fsp3) is 0.455. The van der Waals surface area contributed by atoms with Crippen molar-refractivity contribution >= 4 is 28.2 Å². The molecule has 2 N–H and O–H groups in total. The summed E-state index contributed by atoms with van der Waals surface area (Å²) in [7, 11) is 0. The molecule has 7 heteroatoms. The van der Waals surface area contributed by atoms with Gasteiger partial charge in [-0.3, -0.25) is 4.79 Å². The zero-order chi connectivity index (χ0) is 20.8. The monoisotopic (exact) mass is 419 g/mol. The lowest BCUT2D eigenvalue weighted by molar-refractivity contribution is -0.905. The van der Waals surface area contributed by atoms with Crippen LogP contribution in [0.15, 0.2) is 29.6 Å². The highest BCUT2D eigenvalue weighted by molar-refractivity contribution is 7.15. The molecular weight excluding hydrogens is 391 g/mol. The molecule has 0 atom stereocenters. The first-order valence-corrected chi connectivity index (χ1v) is 11.0. The van der Waals surface area contributed by atoms with Crippen molar-refractivity contribution in [2.75, 3.05) is 31.6 Å². The second-order valence-corrected chi connectivity index (χ2v) is 8.44. The zero-order valence-corrected chi connectivity index (χ0v) is 17.7. The summed E-state index contributed by atoms with van der Waals surface area (Å²) in [5.41, 5.74) is 1.67. The van der Waals surface area contributed by atoms with Crippen molar-refractivity contribution in [1.29, 1.82) is 0 Å². The van der Waals surface area contributed by atoms with E-state index in [1.807, 2.05) is 0 Å². The first-order valence-electron chi connectivity index (χ1n) is 10.2. The number of thiophene rings is 1. The van der Waals surface area contributed by atoms with Crippen LogP contribution in [-0.4, -0.2) is 38.1 Å². The molecule has 0 aliphatic carbocycles. The lowest BCUT2D eigenvalue weighted by Crippen LogP contribution is -3.13. The van der Waals surface area contributed by atoms with E-state index < -0.39 is 5.97 Å². The number of rotatable bonds is 7. The van der Waals surface area contributed by atoms with Gasteiger partial charge in [0.05, 0.1) is 32.7 Å². The number of quaternary nitrogens is 1. The van der Waals surface area contributed by atoms with E-state index in [0.717, 1.165) is 25.6 Å². The quantitative estimate of drug-likeness (QED) is 0.677. The molecular formula is C22H28FN2O3S+. The molecule has 1 aliphatic heterocycles. The SMILES string of the molecule is CCOC(=O)c1c(-c2ccc(F)cc2)csc1NC(=O)CC[NH+]1CCC(C)CC1. The minimum atomic E-state index is -0.487. The maximum absolute atomic E-state index is 13.3. The van der Waals surface area contributed by atoms with Crippen LogP contribution in [0.4, 0.5) is 9.39 Å². The van der Waals surface area contributed by atoms with E-state index in [-0.39, 0.29) is 18.3 Å². The largest absolute Gasteiger partial charge is 0.462 e. The molecule has 0 bridgehead atoms. The van der Waals surface area contributed by atoms with E-state index in [2.05, 4.69) is 12.2 Å². The number of hydrogen-bond donors (Lipinski definition) is 2. The highest BCUT2D eigenvalue weighted by Crippen LogP contribution is 2.36. The molecule has 0 radical (unpaired) electrons. The Morgan fingerprint density at radius 3 is 2.59 bits per heavy atom. The smallest absolute Gasteiger partial charge is 0.341 e. The van der Waals surface area contributed by atoms with Crippen molar-refractivity contribution in [3.05, 3.63) is 41.0 Å². The first kappa shape index (κ1) is 21.5. The molecule has 156 valence electrons. The van der Waals surface area contributed by atoms with Gasteiger partial charge in [-0.05, 0) is 43.4 Å². The Labute approximate surface area is 174 Å². The van der Waals surface area contributed by atoms with Gasteiger partial charge in [-0.2, -0.15) is 0 Å². The average Bonchev–Trinajstić information content (AvgIpc) is 3.12. The standard InChI is InChI=1S/C22H27FN2O3S/c1-3-28-22(27)20-18(16-4-6-17(23)7-5-16)14-29-21(20)24-19(26)10-13-25-11-8-15(2)9-12-25/h4-7,14-15H,3,8-13H2,1-2H3,(H,24,26)/p+1. The predicted octanol–water partition coefficient (Wildman–Crippen LogP) is 3.37. The van der Waals surface area contributed by atoms with Crippen LogP contribution in [0.1, 0.15) is 43.5 Å². The van der Waals surface area contributed by atoms with E-state index >= 15 is 0 Å². The third kappa shape index (κ3) is 5.64. The minimum absolute atomic E-state index is 0.103. The number of piperidine rings is 1. The summed E-state index contributed by atoms with van der Waals surface area (Å²) in [4.78, 5) is 26.5. The van der Waals surface area contributed by atoms with E-state index in [1.165, 1.54) is 41.2 Å². The highest BCUT2D eigenvalue weighted by Gasteiger charge is 2.24. The van der Waals surface area contributed by atoms with E-state index in [9.17, 15) is 14.0 Å². The first-order chi connectivity index (χ1) is 14.0. The van der Waals surface area contributed by atoms with Gasteiger partial charge in [0.15, 0.2) is 0 Å². The lowest BCUT2D eigenvalue weighted by Gasteiger charge is -2.27. The molecule has 1 aliphatic rings. The molecule has 2 heterocycles. The van der Waals surface area contributed by atoms with Crippen molar-refractivity contribution < 1.29 is 23.6 Å². The van der Waals surface area contributed by atoms with Gasteiger partial charge in [0, 0.05) is 10.9 Å². The predicted molar refractivity (Wildman–Crippen MR) is 113 cm³/mol. The minimum Gasteiger partial charge on any atom is -0.462 e. The third-order valence-electron chi connectivity index (χ3n) is 5.37. The Bertz CT molecular complexity index is 842. The summed E-state index contributed by atoms with van der Waals surface area (Å²) in [6.45, 7) is 7.26. The summed E-state index contributed by atoms with van der Waals surface area (Å²) < 4.78 is 18.5. The van der Waals surface area contributed by atoms with Crippen LogP contribution in [0, 0.1) is 11.7 Å². The fourth-order valence-electron chi connectivity index (χ4n) is 3.60. The molecule has 29 heavy (non-hydrogen) atoms. The third-order valence-corrected chi connectivity index (χ3v) is 6.26. The van der Waals surface area contributed by atoms with Crippen LogP contribution in [0.5, 0.6) is 0 Å². The fourth-order valence-corrected chi connectivity index (χ4v) is 4.57. The Morgan fingerprint density at radius 1 is 1.24 bits per heavy atom. The molecule has 1 saturated heterocycles. The van der Waals surface area contributed by atoms with Crippen molar-refractivity contribution in [3.63, 3.8) is 0 Å². The van der Waals surface area contributed by atoms with Crippen LogP contribution in [-0.2, 0) is 9.53 Å². The van der Waals surface area contributed by atoms with Gasteiger partial charge in [0.2, 0.25) is 5.91 Å². The molecule has 1 fully saturated rings. The maximum atomic E-state index is 13.3. The van der Waals surface area contributed by atoms with Crippen LogP contribution in [0.3, 0.4) is 0 Å². The molecule has 5 nitrogen and oxygen atoms in total. The van der Waals surface area contributed by atoms with Gasteiger partial charge < -0.3 is 15.0 Å². The lowest BCUT2D eigenvalue weighted by atomic mass is 9.99. The summed E-state index contributed by atoms with van der Waals surface area (Å²) in [5.74, 6) is -0.159. The van der Waals surface area contributed by atoms with E-state index in [4.69, 9.17) is 4.74 Å². The normalized spacial score (nSPS) is 19.0. The molecule has 0 saturated carbocycles. The molecule has 1 amide bonds. The Hall–Kier alpha value is -2.25. The van der Waals surface area contributed by atoms with E-state index in [0.29, 0.717) is 28.1 Å². The topological polar surface area (TPSA) is 59.8 Å². The highest BCUT2D eigenvalue weighted by atomic mass is 32.1. The Morgan fingerprint density at radius 2 is 1.93 bits per heavy atom. The number of esters is 1. The number of halogens is 1. The van der Waals surface area contributed by atoms with Gasteiger partial charge in [0.25, 0.3) is 0 Å². The number of hydrogen-bond acceptors (Lipinski definition) is 4. The summed E-state index contributed by atoms with van der Waals surface area (Å²) in [6.07, 6.45) is 2.82. The van der Waals surface area contributed by atoms with Gasteiger partial charge in [-0.15, -0.1) is 11.3 Å². The molecule has 0 unspecified atom stereocenters. The van der Waals surface area contributed by atoms with Crippen LogP contribution in [0.25, 0.3) is 11.1 Å². The molecule has 1 aromatic heterocycles. The number of nitrogens with one attached hydrogen (secondary N) is 2. The Balaban J connectivity index is 1.71. The van der Waals surface area contributed by atoms with Gasteiger partial charge in [0.1, 0.15) is 16.4 Å². The van der Waals surface area contributed by atoms with E-state index in [1.54, 1.807) is 24.4 Å². The van der Waals surface area contributed by atoms with Gasteiger partial charge >= 0.3 is 5.97 Å². The van der Waals surface area contributed by atoms with Crippen LogP contribution < -0.4 is 10.2 Å². The number of benzene rings is 1. The molecule has 0 spiro atoms. The van der Waals surface area contributed by atoms with Crippen LogP contribution >= 0.6 is 11.3 Å². The molecule has 2 aromatic rings. The van der Waals surface area contributed by atoms with Crippen LogP contribution in [0.2, 0.25) is 0 Å². The summed E-state index contributed by atoms with van der Waals surface area (Å²) in [6, 6.07) is 5.93. The summed E-state index contributed by atoms with van der Waals surface area (Å²) >= 11 is 1.29. The number of anilines is 1. The second kappa shape index (κ2) is 9.98. The van der Waals surface area contributed by atoms with Crippen molar-refractivity contribution in [2.45, 2.75) is 33.1 Å².